The predicted octanol–water partition coefficient (Wildman–Crippen LogP) is 2.83. The molecular formula is C13H19FO3S. The zero-order valence-electron chi connectivity index (χ0n) is 11.3. The molecule has 3 nitrogen and oxygen atoms in total. The standard InChI is InChI=1S/C13H19FO3S/c1-13(2,7-15)8-6-9(14)12(18-5)11(17-4)10(8)16-3/h6,15H,7H2,1-5H3. The van der Waals surface area contributed by atoms with Gasteiger partial charge in [-0.25, -0.2) is 4.39 Å². The van der Waals surface area contributed by atoms with Crippen LogP contribution < -0.4 is 9.47 Å². The maximum absolute atomic E-state index is 14.0. The average molecular weight is 274 g/mol. The fourth-order valence-corrected chi connectivity index (χ4v) is 2.37. The van der Waals surface area contributed by atoms with Crippen LogP contribution in [0, 0.1) is 5.82 Å². The SMILES string of the molecule is COc1c(C(C)(C)CO)cc(F)c(SC)c1OC. The van der Waals surface area contributed by atoms with Crippen LogP contribution >= 0.6 is 11.8 Å². The number of hydrogen-bond donors (Lipinski definition) is 1. The van der Waals surface area contributed by atoms with Crippen LogP contribution in [-0.2, 0) is 5.41 Å². The van der Waals surface area contributed by atoms with Crippen molar-refractivity contribution in [1.82, 2.24) is 0 Å². The molecule has 0 saturated carbocycles. The van der Waals surface area contributed by atoms with Gasteiger partial charge in [-0.3, -0.25) is 0 Å². The molecule has 0 aliphatic rings. The summed E-state index contributed by atoms with van der Waals surface area (Å²) >= 11 is 1.26. The lowest BCUT2D eigenvalue weighted by Crippen LogP contribution is -2.23. The highest BCUT2D eigenvalue weighted by Crippen LogP contribution is 2.45. The van der Waals surface area contributed by atoms with Gasteiger partial charge in [-0.15, -0.1) is 11.8 Å². The Labute approximate surface area is 111 Å². The van der Waals surface area contributed by atoms with E-state index < -0.39 is 5.41 Å². The number of benzene rings is 1. The fourth-order valence-electron chi connectivity index (χ4n) is 1.76. The van der Waals surface area contributed by atoms with Crippen LogP contribution in [0.3, 0.4) is 0 Å². The van der Waals surface area contributed by atoms with Crippen LogP contribution in [0.2, 0.25) is 0 Å². The van der Waals surface area contributed by atoms with E-state index in [4.69, 9.17) is 9.47 Å². The Kier molecular flexibility index (Phi) is 4.87. The van der Waals surface area contributed by atoms with Crippen molar-refractivity contribution in [2.75, 3.05) is 27.1 Å². The second-order valence-corrected chi connectivity index (χ2v) is 5.36. The van der Waals surface area contributed by atoms with Gasteiger partial charge >= 0.3 is 0 Å². The highest BCUT2D eigenvalue weighted by Gasteiger charge is 2.29. The summed E-state index contributed by atoms with van der Waals surface area (Å²) in [7, 11) is 2.99. The summed E-state index contributed by atoms with van der Waals surface area (Å²) in [5, 5.41) is 9.42. The summed E-state index contributed by atoms with van der Waals surface area (Å²) in [5.41, 5.74) is -0.00389. The third-order valence-corrected chi connectivity index (χ3v) is 3.67. The van der Waals surface area contributed by atoms with Crippen molar-refractivity contribution in [3.63, 3.8) is 0 Å². The topological polar surface area (TPSA) is 38.7 Å². The molecule has 0 saturated heterocycles. The molecule has 0 unspecified atom stereocenters. The van der Waals surface area contributed by atoms with Crippen LogP contribution in [0.4, 0.5) is 4.39 Å². The van der Waals surface area contributed by atoms with Crippen LogP contribution in [0.1, 0.15) is 19.4 Å². The molecule has 1 aromatic rings. The molecule has 0 atom stereocenters. The second kappa shape index (κ2) is 5.80. The molecule has 5 heteroatoms. The molecule has 1 N–H and O–H groups in total. The van der Waals surface area contributed by atoms with Gasteiger partial charge in [-0.1, -0.05) is 13.8 Å². The molecule has 0 spiro atoms. The number of hydrogen-bond acceptors (Lipinski definition) is 4. The van der Waals surface area contributed by atoms with Crippen LogP contribution in [0.15, 0.2) is 11.0 Å². The van der Waals surface area contributed by atoms with Crippen molar-refractivity contribution in [3.8, 4) is 11.5 Å². The van der Waals surface area contributed by atoms with Gasteiger partial charge in [0.1, 0.15) is 5.82 Å². The van der Waals surface area contributed by atoms with Crippen molar-refractivity contribution in [2.24, 2.45) is 0 Å². The van der Waals surface area contributed by atoms with Crippen LogP contribution in [-0.4, -0.2) is 32.2 Å². The minimum atomic E-state index is -0.601. The molecule has 0 aliphatic carbocycles. The first-order valence-corrected chi connectivity index (χ1v) is 6.75. The average Bonchev–Trinajstić information content (AvgIpc) is 2.37. The number of methoxy groups -OCH3 is 2. The van der Waals surface area contributed by atoms with E-state index in [9.17, 15) is 9.50 Å². The number of ether oxygens (including phenoxy) is 2. The molecule has 0 fully saturated rings. The van der Waals surface area contributed by atoms with Crippen molar-refractivity contribution in [1.29, 1.82) is 0 Å². The lowest BCUT2D eigenvalue weighted by molar-refractivity contribution is 0.213. The van der Waals surface area contributed by atoms with Gasteiger partial charge < -0.3 is 14.6 Å². The predicted molar refractivity (Wildman–Crippen MR) is 71.4 cm³/mol. The number of halogens is 1. The lowest BCUT2D eigenvalue weighted by Gasteiger charge is -2.26. The number of aliphatic hydroxyl groups excluding tert-OH is 1. The molecule has 0 amide bonds. The van der Waals surface area contributed by atoms with E-state index in [-0.39, 0.29) is 12.4 Å². The Morgan fingerprint density at radius 3 is 2.22 bits per heavy atom. The fraction of sp³-hybridized carbons (Fsp3) is 0.538. The van der Waals surface area contributed by atoms with Crippen molar-refractivity contribution in [3.05, 3.63) is 17.4 Å². The van der Waals surface area contributed by atoms with Crippen molar-refractivity contribution < 1.29 is 19.0 Å². The van der Waals surface area contributed by atoms with Gasteiger partial charge in [0.15, 0.2) is 11.5 Å². The minimum Gasteiger partial charge on any atom is -0.493 e. The maximum atomic E-state index is 14.0. The Morgan fingerprint density at radius 2 is 1.83 bits per heavy atom. The summed E-state index contributed by atoms with van der Waals surface area (Å²) in [5.74, 6) is 0.487. The molecular weight excluding hydrogens is 255 g/mol. The maximum Gasteiger partial charge on any atom is 0.177 e. The quantitative estimate of drug-likeness (QED) is 0.838. The van der Waals surface area contributed by atoms with E-state index in [0.717, 1.165) is 0 Å². The van der Waals surface area contributed by atoms with Crippen molar-refractivity contribution in [2.45, 2.75) is 24.2 Å². The van der Waals surface area contributed by atoms with E-state index in [1.54, 1.807) is 6.26 Å². The first-order chi connectivity index (χ1) is 8.42. The summed E-state index contributed by atoms with van der Waals surface area (Å²) in [6.07, 6.45) is 1.78. The number of thioether (sulfide) groups is 1. The van der Waals surface area contributed by atoms with Gasteiger partial charge in [0, 0.05) is 11.0 Å². The summed E-state index contributed by atoms with van der Waals surface area (Å²) < 4.78 is 24.6. The van der Waals surface area contributed by atoms with E-state index in [0.29, 0.717) is 22.0 Å². The molecule has 0 aromatic heterocycles. The van der Waals surface area contributed by atoms with Gasteiger partial charge in [-0.2, -0.15) is 0 Å². The Morgan fingerprint density at radius 1 is 1.28 bits per heavy atom. The molecule has 1 aromatic carbocycles. The largest absolute Gasteiger partial charge is 0.493 e. The number of rotatable bonds is 5. The molecule has 0 bridgehead atoms. The van der Waals surface area contributed by atoms with E-state index in [1.807, 2.05) is 13.8 Å². The Balaban J connectivity index is 3.59. The zero-order chi connectivity index (χ0) is 13.9. The zero-order valence-corrected chi connectivity index (χ0v) is 12.2. The van der Waals surface area contributed by atoms with E-state index >= 15 is 0 Å². The summed E-state index contributed by atoms with van der Waals surface area (Å²) in [6.45, 7) is 3.54. The smallest absolute Gasteiger partial charge is 0.177 e. The Hall–Kier alpha value is -0.940. The molecule has 0 aliphatic heterocycles. The van der Waals surface area contributed by atoms with Crippen LogP contribution in [0.25, 0.3) is 0 Å². The summed E-state index contributed by atoms with van der Waals surface area (Å²) in [4.78, 5) is 0.409. The summed E-state index contributed by atoms with van der Waals surface area (Å²) in [6, 6.07) is 1.41. The molecule has 102 valence electrons. The van der Waals surface area contributed by atoms with E-state index in [2.05, 4.69) is 0 Å². The minimum absolute atomic E-state index is 0.107. The van der Waals surface area contributed by atoms with Gasteiger partial charge in [-0.05, 0) is 12.3 Å². The first kappa shape index (κ1) is 15.1. The van der Waals surface area contributed by atoms with E-state index in [1.165, 1.54) is 32.0 Å². The Bertz CT molecular complexity index is 433. The third-order valence-electron chi connectivity index (χ3n) is 2.88. The molecule has 0 radical (unpaired) electrons. The van der Waals surface area contributed by atoms with Crippen LogP contribution in [0.5, 0.6) is 11.5 Å². The van der Waals surface area contributed by atoms with Gasteiger partial charge in [0.2, 0.25) is 0 Å². The normalized spacial score (nSPS) is 11.5. The van der Waals surface area contributed by atoms with Crippen molar-refractivity contribution >= 4 is 11.8 Å². The monoisotopic (exact) mass is 274 g/mol. The number of aliphatic hydroxyl groups is 1. The molecule has 18 heavy (non-hydrogen) atoms. The lowest BCUT2D eigenvalue weighted by atomic mass is 9.84. The highest BCUT2D eigenvalue weighted by molar-refractivity contribution is 7.98. The molecule has 1 rings (SSSR count). The first-order valence-electron chi connectivity index (χ1n) is 5.52. The molecule has 0 heterocycles. The third kappa shape index (κ3) is 2.57. The second-order valence-electron chi connectivity index (χ2n) is 4.55. The van der Waals surface area contributed by atoms with Gasteiger partial charge in [0.05, 0.1) is 25.7 Å². The van der Waals surface area contributed by atoms with Gasteiger partial charge in [0.25, 0.3) is 0 Å². The highest BCUT2D eigenvalue weighted by atomic mass is 32.2.